The second-order valence-electron chi connectivity index (χ2n) is 8.83. The maximum Gasteiger partial charge on any atom is 0.157 e. The molecule has 0 aromatic heterocycles. The van der Waals surface area contributed by atoms with Crippen LogP contribution in [0.3, 0.4) is 0 Å². The van der Waals surface area contributed by atoms with E-state index in [1.54, 1.807) is 6.07 Å². The van der Waals surface area contributed by atoms with Gasteiger partial charge in [-0.3, -0.25) is 0 Å². The molecular formula is C25H30F2N2O2. The lowest BCUT2D eigenvalue weighted by molar-refractivity contribution is -0.0480. The topological polar surface area (TPSA) is 24.9 Å². The average molecular weight is 429 g/mol. The summed E-state index contributed by atoms with van der Waals surface area (Å²) in [6.45, 7) is 4.48. The third-order valence-corrected chi connectivity index (χ3v) is 6.85. The van der Waals surface area contributed by atoms with Crippen molar-refractivity contribution >= 4 is 11.4 Å². The summed E-state index contributed by atoms with van der Waals surface area (Å²) in [7, 11) is 0. The fraction of sp³-hybridized carbons (Fsp3) is 0.520. The summed E-state index contributed by atoms with van der Waals surface area (Å²) in [5, 5.41) is 0. The summed E-state index contributed by atoms with van der Waals surface area (Å²) in [6.07, 6.45) is 5.43. The first-order valence-corrected chi connectivity index (χ1v) is 11.5. The molecule has 166 valence electrons. The van der Waals surface area contributed by atoms with E-state index in [4.69, 9.17) is 9.47 Å². The Labute approximate surface area is 182 Å². The molecule has 2 atom stereocenters. The number of nitrogens with zero attached hydrogens (tertiary/aromatic N) is 2. The SMILES string of the molecule is Fc1ccc(N2c3ccc(F)cc3[C@@H]3CN(CCCCCC4OCCO4)CC[C@H]32)cc1. The number of ether oxygens (including phenoxy) is 2. The maximum absolute atomic E-state index is 14.1. The van der Waals surface area contributed by atoms with Crippen LogP contribution in [0.2, 0.25) is 0 Å². The molecule has 5 rings (SSSR count). The molecule has 0 unspecified atom stereocenters. The van der Waals surface area contributed by atoms with Crippen LogP contribution in [-0.4, -0.2) is 50.1 Å². The first kappa shape index (κ1) is 20.9. The van der Waals surface area contributed by atoms with Gasteiger partial charge in [0.05, 0.1) is 13.2 Å². The van der Waals surface area contributed by atoms with Crippen LogP contribution in [0.15, 0.2) is 42.5 Å². The fourth-order valence-electron chi connectivity index (χ4n) is 5.37. The molecule has 0 saturated carbocycles. The van der Waals surface area contributed by atoms with Crippen molar-refractivity contribution in [1.29, 1.82) is 0 Å². The van der Waals surface area contributed by atoms with Crippen LogP contribution in [0, 0.1) is 11.6 Å². The van der Waals surface area contributed by atoms with Crippen LogP contribution < -0.4 is 4.90 Å². The number of hydrogen-bond acceptors (Lipinski definition) is 4. The number of rotatable bonds is 7. The summed E-state index contributed by atoms with van der Waals surface area (Å²) in [4.78, 5) is 4.81. The van der Waals surface area contributed by atoms with Gasteiger partial charge in [0, 0.05) is 36.4 Å². The molecule has 4 nitrogen and oxygen atoms in total. The van der Waals surface area contributed by atoms with Crippen molar-refractivity contribution in [3.05, 3.63) is 59.7 Å². The lowest BCUT2D eigenvalue weighted by Gasteiger charge is -2.39. The van der Waals surface area contributed by atoms with Gasteiger partial charge in [-0.1, -0.05) is 6.42 Å². The fourth-order valence-corrected chi connectivity index (χ4v) is 5.37. The smallest absolute Gasteiger partial charge is 0.157 e. The van der Waals surface area contributed by atoms with E-state index >= 15 is 0 Å². The third-order valence-electron chi connectivity index (χ3n) is 6.85. The quantitative estimate of drug-likeness (QED) is 0.566. The zero-order valence-corrected chi connectivity index (χ0v) is 17.8. The number of anilines is 2. The number of benzene rings is 2. The molecule has 0 amide bonds. The molecule has 2 fully saturated rings. The summed E-state index contributed by atoms with van der Waals surface area (Å²) in [5.74, 6) is -0.156. The first-order chi connectivity index (χ1) is 15.2. The van der Waals surface area contributed by atoms with Crippen LogP contribution in [0.4, 0.5) is 20.2 Å². The third kappa shape index (κ3) is 4.47. The normalized spacial score (nSPS) is 23.9. The van der Waals surface area contributed by atoms with Crippen molar-refractivity contribution in [2.24, 2.45) is 0 Å². The summed E-state index contributed by atoms with van der Waals surface area (Å²) in [5.41, 5.74) is 3.11. The van der Waals surface area contributed by atoms with E-state index < -0.39 is 0 Å². The van der Waals surface area contributed by atoms with Gasteiger partial charge in [-0.05, 0) is 80.3 Å². The standard InChI is InChI=1S/C25H30F2N2O2/c26-18-5-8-20(9-6-18)29-23-10-7-19(27)16-21(23)22-17-28(13-11-24(22)29)12-3-1-2-4-25-30-14-15-31-25/h5-10,16,22,24-25H,1-4,11-15,17H2/t22-,24+/m0/s1. The predicted octanol–water partition coefficient (Wildman–Crippen LogP) is 5.21. The Hall–Kier alpha value is -2.02. The van der Waals surface area contributed by atoms with Gasteiger partial charge in [0.1, 0.15) is 11.6 Å². The summed E-state index contributed by atoms with van der Waals surface area (Å²) >= 11 is 0. The van der Waals surface area contributed by atoms with E-state index in [0.717, 1.165) is 75.5 Å². The molecule has 0 radical (unpaired) electrons. The molecule has 31 heavy (non-hydrogen) atoms. The summed E-state index contributed by atoms with van der Waals surface area (Å²) in [6, 6.07) is 12.1. The van der Waals surface area contributed by atoms with Gasteiger partial charge in [0.2, 0.25) is 0 Å². The van der Waals surface area contributed by atoms with E-state index in [-0.39, 0.29) is 29.9 Å². The van der Waals surface area contributed by atoms with Crippen molar-refractivity contribution in [3.8, 4) is 0 Å². The van der Waals surface area contributed by atoms with Gasteiger partial charge in [0.25, 0.3) is 0 Å². The lowest BCUT2D eigenvalue weighted by Crippen LogP contribution is -2.45. The molecule has 2 saturated heterocycles. The van der Waals surface area contributed by atoms with Gasteiger partial charge in [0.15, 0.2) is 6.29 Å². The number of likely N-dealkylation sites (tertiary alicyclic amines) is 1. The number of fused-ring (bicyclic) bond motifs is 3. The number of piperidine rings is 1. The molecule has 2 aromatic rings. The van der Waals surface area contributed by atoms with Crippen LogP contribution >= 0.6 is 0 Å². The van der Waals surface area contributed by atoms with Gasteiger partial charge >= 0.3 is 0 Å². The Kier molecular flexibility index (Phi) is 6.21. The minimum absolute atomic E-state index is 0.00178. The highest BCUT2D eigenvalue weighted by atomic mass is 19.1. The van der Waals surface area contributed by atoms with Crippen molar-refractivity contribution < 1.29 is 18.3 Å². The van der Waals surface area contributed by atoms with E-state index in [0.29, 0.717) is 0 Å². The Balaban J connectivity index is 1.23. The molecule has 0 bridgehead atoms. The van der Waals surface area contributed by atoms with Gasteiger partial charge in [-0.2, -0.15) is 0 Å². The van der Waals surface area contributed by atoms with Crippen molar-refractivity contribution in [3.63, 3.8) is 0 Å². The highest BCUT2D eigenvalue weighted by Gasteiger charge is 2.42. The highest BCUT2D eigenvalue weighted by molar-refractivity contribution is 5.73. The molecule has 6 heteroatoms. The second kappa shape index (κ2) is 9.23. The molecule has 2 aromatic carbocycles. The maximum atomic E-state index is 14.1. The van der Waals surface area contributed by atoms with E-state index in [9.17, 15) is 8.78 Å². The van der Waals surface area contributed by atoms with Crippen LogP contribution in [0.25, 0.3) is 0 Å². The van der Waals surface area contributed by atoms with Crippen LogP contribution in [-0.2, 0) is 9.47 Å². The minimum atomic E-state index is -0.236. The van der Waals surface area contributed by atoms with E-state index in [2.05, 4.69) is 9.80 Å². The average Bonchev–Trinajstić information content (AvgIpc) is 3.40. The predicted molar refractivity (Wildman–Crippen MR) is 117 cm³/mol. The van der Waals surface area contributed by atoms with Crippen LogP contribution in [0.1, 0.15) is 43.6 Å². The Morgan fingerprint density at radius 2 is 1.68 bits per heavy atom. The number of hydrogen-bond donors (Lipinski definition) is 0. The van der Waals surface area contributed by atoms with Crippen molar-refractivity contribution in [1.82, 2.24) is 4.90 Å². The first-order valence-electron chi connectivity index (χ1n) is 11.5. The molecule has 3 aliphatic rings. The summed E-state index contributed by atoms with van der Waals surface area (Å²) < 4.78 is 38.6. The van der Waals surface area contributed by atoms with Crippen LogP contribution in [0.5, 0.6) is 0 Å². The Morgan fingerprint density at radius 3 is 2.48 bits per heavy atom. The molecule has 0 aliphatic carbocycles. The molecule has 0 N–H and O–H groups in total. The van der Waals surface area contributed by atoms with Gasteiger partial charge in [-0.25, -0.2) is 8.78 Å². The molecule has 3 heterocycles. The Bertz CT molecular complexity index is 886. The van der Waals surface area contributed by atoms with E-state index in [1.165, 1.54) is 24.6 Å². The zero-order valence-electron chi connectivity index (χ0n) is 17.8. The highest BCUT2D eigenvalue weighted by Crippen LogP contribution is 2.48. The second-order valence-corrected chi connectivity index (χ2v) is 8.83. The van der Waals surface area contributed by atoms with Gasteiger partial charge in [-0.15, -0.1) is 0 Å². The molecular weight excluding hydrogens is 398 g/mol. The molecule has 3 aliphatic heterocycles. The lowest BCUT2D eigenvalue weighted by atomic mass is 9.88. The monoisotopic (exact) mass is 428 g/mol. The van der Waals surface area contributed by atoms with E-state index in [1.807, 2.05) is 18.2 Å². The zero-order chi connectivity index (χ0) is 21.2. The number of unbranched alkanes of at least 4 members (excludes halogenated alkanes) is 2. The number of halogens is 2. The van der Waals surface area contributed by atoms with Gasteiger partial charge < -0.3 is 19.3 Å². The molecule has 0 spiro atoms. The Morgan fingerprint density at radius 1 is 0.903 bits per heavy atom. The largest absolute Gasteiger partial charge is 0.350 e. The van der Waals surface area contributed by atoms with Crippen molar-refractivity contribution in [2.75, 3.05) is 37.7 Å². The minimum Gasteiger partial charge on any atom is -0.350 e. The van der Waals surface area contributed by atoms with Crippen molar-refractivity contribution in [2.45, 2.75) is 50.4 Å².